The molecule has 3 atom stereocenters. The van der Waals surface area contributed by atoms with E-state index in [1.54, 1.807) is 56.6 Å². The van der Waals surface area contributed by atoms with Crippen LogP contribution >= 0.6 is 0 Å². The number of likely N-dealkylation sites (N-methyl/N-ethyl adjacent to an activating group) is 1. The number of hydrogen-bond acceptors (Lipinski definition) is 5. The number of carbonyl (C=O) groups excluding carboxylic acids is 2. The van der Waals surface area contributed by atoms with Crippen molar-refractivity contribution in [3.63, 3.8) is 0 Å². The van der Waals surface area contributed by atoms with Crippen molar-refractivity contribution in [3.05, 3.63) is 113 Å². The van der Waals surface area contributed by atoms with Gasteiger partial charge in [0.15, 0.2) is 0 Å². The molecule has 1 aromatic heterocycles. The summed E-state index contributed by atoms with van der Waals surface area (Å²) >= 11 is -1.67. The minimum Gasteiger partial charge on any atom is -0.591 e. The molecule has 240 valence electrons. The molecule has 0 fully saturated rings. The number of benzene rings is 3. The minimum atomic E-state index is -4.69. The van der Waals surface area contributed by atoms with Crippen LogP contribution in [0.2, 0.25) is 0 Å². The fourth-order valence-electron chi connectivity index (χ4n) is 5.22. The van der Waals surface area contributed by atoms with Gasteiger partial charge in [-0.05, 0) is 75.7 Å². The first-order valence-electron chi connectivity index (χ1n) is 14.4. The molecule has 1 aliphatic rings. The average molecular weight is 654 g/mol. The smallest absolute Gasteiger partial charge is 0.416 e. The molecule has 0 saturated heterocycles. The molecule has 0 unspecified atom stereocenters. The number of nitrogens with one attached hydrogen (secondary N) is 1. The molecule has 0 spiro atoms. The van der Waals surface area contributed by atoms with E-state index in [2.05, 4.69) is 9.71 Å². The maximum Gasteiger partial charge on any atom is 0.416 e. The maximum absolute atomic E-state index is 14.3. The number of nitrogens with zero attached hydrogens (tertiary/aromatic N) is 4. The van der Waals surface area contributed by atoms with Gasteiger partial charge in [0.25, 0.3) is 11.8 Å². The van der Waals surface area contributed by atoms with Gasteiger partial charge >= 0.3 is 6.18 Å². The predicted octanol–water partition coefficient (Wildman–Crippen LogP) is 6.21. The number of fused-ring (bicyclic) bond motifs is 1. The Kier molecular flexibility index (Phi) is 9.09. The predicted molar refractivity (Wildman–Crippen MR) is 168 cm³/mol. The van der Waals surface area contributed by atoms with Crippen LogP contribution in [0.1, 0.15) is 66.4 Å². The molecule has 3 aromatic carbocycles. The maximum atomic E-state index is 14.3. The van der Waals surface area contributed by atoms with E-state index in [1.807, 2.05) is 6.07 Å². The molecule has 46 heavy (non-hydrogen) atoms. The van der Waals surface area contributed by atoms with E-state index in [-0.39, 0.29) is 17.8 Å². The summed E-state index contributed by atoms with van der Waals surface area (Å²) in [5, 5.41) is 7.44. The first kappa shape index (κ1) is 32.9. The van der Waals surface area contributed by atoms with E-state index in [9.17, 15) is 31.7 Å². The Morgan fingerprint density at radius 3 is 2.33 bits per heavy atom. The van der Waals surface area contributed by atoms with Crippen LogP contribution in [-0.4, -0.2) is 49.7 Å². The Morgan fingerprint density at radius 2 is 1.72 bits per heavy atom. The van der Waals surface area contributed by atoms with Crippen LogP contribution < -0.4 is 10.2 Å². The molecule has 4 aromatic rings. The monoisotopic (exact) mass is 653 g/mol. The Bertz CT molecular complexity index is 1770. The van der Waals surface area contributed by atoms with Crippen LogP contribution in [0.3, 0.4) is 0 Å². The largest absolute Gasteiger partial charge is 0.591 e. The molecular weight excluding hydrogens is 622 g/mol. The molecule has 2 amide bonds. The van der Waals surface area contributed by atoms with Crippen molar-refractivity contribution >= 4 is 35.2 Å². The van der Waals surface area contributed by atoms with Crippen LogP contribution in [0.15, 0.2) is 83.3 Å². The van der Waals surface area contributed by atoms with E-state index in [0.29, 0.717) is 28.7 Å². The second-order valence-corrected chi connectivity index (χ2v) is 13.5. The molecule has 8 nitrogen and oxygen atoms in total. The summed E-state index contributed by atoms with van der Waals surface area (Å²) in [7, 11) is 0. The Labute approximate surface area is 266 Å². The lowest BCUT2D eigenvalue weighted by Gasteiger charge is -2.38. The number of anilines is 1. The third kappa shape index (κ3) is 6.56. The normalized spacial score (nSPS) is 17.7. The summed E-state index contributed by atoms with van der Waals surface area (Å²) in [6.07, 6.45) is -3.33. The van der Waals surface area contributed by atoms with Crippen LogP contribution in [0.25, 0.3) is 5.69 Å². The highest BCUT2D eigenvalue weighted by Crippen LogP contribution is 2.43. The van der Waals surface area contributed by atoms with E-state index in [1.165, 1.54) is 41.4 Å². The summed E-state index contributed by atoms with van der Waals surface area (Å²) in [5.74, 6) is -2.62. The van der Waals surface area contributed by atoms with Gasteiger partial charge in [-0.1, -0.05) is 40.8 Å². The average Bonchev–Trinajstić information content (AvgIpc) is 3.39. The van der Waals surface area contributed by atoms with Crippen LogP contribution in [0.4, 0.5) is 23.4 Å². The molecule has 13 heteroatoms. The highest BCUT2D eigenvalue weighted by molar-refractivity contribution is 7.91. The van der Waals surface area contributed by atoms with Gasteiger partial charge in [0, 0.05) is 23.6 Å². The fraction of sp³-hybridized carbons (Fsp3) is 0.273. The Hall–Kier alpha value is -4.49. The molecule has 0 aliphatic carbocycles. The summed E-state index contributed by atoms with van der Waals surface area (Å²) in [5.41, 5.74) is 0.399. The quantitative estimate of drug-likeness (QED) is 0.146. The van der Waals surface area contributed by atoms with Gasteiger partial charge in [-0.3, -0.25) is 14.5 Å². The van der Waals surface area contributed by atoms with E-state index in [0.717, 1.165) is 12.1 Å². The molecule has 1 N–H and O–H groups in total. The van der Waals surface area contributed by atoms with Gasteiger partial charge in [-0.25, -0.2) is 9.07 Å². The van der Waals surface area contributed by atoms with Gasteiger partial charge in [-0.2, -0.15) is 18.3 Å². The fourth-order valence-corrected chi connectivity index (χ4v) is 5.73. The first-order chi connectivity index (χ1) is 21.7. The van der Waals surface area contributed by atoms with E-state index < -0.39 is 57.4 Å². The number of halogens is 4. The lowest BCUT2D eigenvalue weighted by Crippen LogP contribution is -2.55. The topological polar surface area (TPSA) is 103 Å². The van der Waals surface area contributed by atoms with Crippen LogP contribution in [0, 0.1) is 5.82 Å². The summed E-state index contributed by atoms with van der Waals surface area (Å²) in [6, 6.07) is 16.9. The number of para-hydroxylation sites is 1. The van der Waals surface area contributed by atoms with E-state index >= 15 is 0 Å². The minimum absolute atomic E-state index is 0.140. The van der Waals surface area contributed by atoms with Gasteiger partial charge in [0.05, 0.1) is 11.3 Å². The molecule has 0 bridgehead atoms. The van der Waals surface area contributed by atoms with Gasteiger partial charge in [0.2, 0.25) is 0 Å². The van der Waals surface area contributed by atoms with Crippen molar-refractivity contribution in [2.24, 2.45) is 4.40 Å². The van der Waals surface area contributed by atoms with Crippen molar-refractivity contribution in [3.8, 4) is 5.69 Å². The third-order valence-electron chi connectivity index (χ3n) is 7.44. The van der Waals surface area contributed by atoms with E-state index in [4.69, 9.17) is 5.10 Å². The highest BCUT2D eigenvalue weighted by Gasteiger charge is 2.46. The molecular formula is C33H31F4N5O3S. The van der Waals surface area contributed by atoms with Gasteiger partial charge < -0.3 is 9.87 Å². The Morgan fingerprint density at radius 1 is 1.04 bits per heavy atom. The number of rotatable bonds is 7. The number of alkyl halides is 3. The SMILES string of the molecule is CCN1C(=O)[C@@H](NC(=O)c2cccc(C(F)(F)F)c2)[C@@H](c2ccc(F)cc2)c2c(C=N[S@@+]([O-])C(C)(C)C)nn(-c3ccccc3)c21. The number of amides is 2. The van der Waals surface area contributed by atoms with Crippen molar-refractivity contribution in [2.75, 3.05) is 11.4 Å². The number of carbonyl (C=O) groups is 2. The standard InChI is InChI=1S/C33H31F4N5O3S/c1-5-41-30-27(25(19-38-46(45)32(2,3)4)40-42(30)24-12-7-6-8-13-24)26(20-14-16-23(34)17-15-20)28(31(41)44)39-29(43)21-10-9-11-22(18-21)33(35,36)37/h6-19,26,28H,5H2,1-4H3,(H,39,43)/t26-,28-,46-/m0/s1. The lowest BCUT2D eigenvalue weighted by molar-refractivity contribution is -0.137. The molecule has 0 radical (unpaired) electrons. The molecule has 5 rings (SSSR count). The number of hydrogen-bond donors (Lipinski definition) is 1. The first-order valence-corrected chi connectivity index (χ1v) is 15.5. The zero-order valence-electron chi connectivity index (χ0n) is 25.4. The van der Waals surface area contributed by atoms with Crippen molar-refractivity contribution < 1.29 is 31.7 Å². The zero-order chi connectivity index (χ0) is 33.4. The second kappa shape index (κ2) is 12.7. The van der Waals surface area contributed by atoms with Gasteiger partial charge in [0.1, 0.15) is 45.7 Å². The number of aromatic nitrogens is 2. The second-order valence-electron chi connectivity index (χ2n) is 11.6. The molecule has 0 saturated carbocycles. The lowest BCUT2D eigenvalue weighted by atomic mass is 9.81. The van der Waals surface area contributed by atoms with Crippen LogP contribution in [-0.2, 0) is 22.3 Å². The van der Waals surface area contributed by atoms with Gasteiger partial charge in [-0.15, -0.1) is 0 Å². The van der Waals surface area contributed by atoms with Crippen molar-refractivity contribution in [1.82, 2.24) is 15.1 Å². The summed E-state index contributed by atoms with van der Waals surface area (Å²) < 4.78 is 72.6. The summed E-state index contributed by atoms with van der Waals surface area (Å²) in [4.78, 5) is 29.2. The van der Waals surface area contributed by atoms with Crippen LogP contribution in [0.5, 0.6) is 0 Å². The highest BCUT2D eigenvalue weighted by atomic mass is 32.2. The molecule has 2 heterocycles. The Balaban J connectivity index is 1.73. The third-order valence-corrected chi connectivity index (χ3v) is 8.78. The van der Waals surface area contributed by atoms with Crippen molar-refractivity contribution in [2.45, 2.75) is 50.6 Å². The zero-order valence-corrected chi connectivity index (χ0v) is 26.2. The van der Waals surface area contributed by atoms with Crippen molar-refractivity contribution in [1.29, 1.82) is 0 Å². The molecule has 1 aliphatic heterocycles. The summed E-state index contributed by atoms with van der Waals surface area (Å²) in [6.45, 7) is 7.15.